The Balaban J connectivity index is 2.50. The van der Waals surface area contributed by atoms with Crippen LogP contribution in [0, 0.1) is 13.8 Å². The Bertz CT molecular complexity index is 808. The van der Waals surface area contributed by atoms with Gasteiger partial charge in [-0.15, -0.1) is 0 Å². The van der Waals surface area contributed by atoms with E-state index in [1.54, 1.807) is 6.92 Å². The normalized spacial score (nSPS) is 11.8. The third-order valence-corrected chi connectivity index (χ3v) is 5.65. The molecule has 0 fully saturated rings. The average molecular weight is 337 g/mol. The number of hydrogen-bond acceptors (Lipinski definition) is 4. The van der Waals surface area contributed by atoms with Gasteiger partial charge in [-0.2, -0.15) is 4.31 Å². The lowest BCUT2D eigenvalue weighted by Gasteiger charge is -2.20. The maximum atomic E-state index is 12.9. The summed E-state index contributed by atoms with van der Waals surface area (Å²) in [6.07, 6.45) is 0. The molecular weight excluding hydrogens is 318 g/mol. The maximum absolute atomic E-state index is 12.9. The van der Waals surface area contributed by atoms with Gasteiger partial charge in [0.05, 0.1) is 0 Å². The van der Waals surface area contributed by atoms with Gasteiger partial charge in [0, 0.05) is 13.1 Å². The second-order valence-corrected chi connectivity index (χ2v) is 7.02. The van der Waals surface area contributed by atoms with Crippen molar-refractivity contribution >= 4 is 16.0 Å². The van der Waals surface area contributed by atoms with Crippen LogP contribution in [-0.4, -0.2) is 30.3 Å². The molecule has 1 aromatic carbocycles. The van der Waals surface area contributed by atoms with Gasteiger partial charge < -0.3 is 9.52 Å². The van der Waals surface area contributed by atoms with E-state index in [2.05, 4.69) is 0 Å². The molecule has 2 aromatic rings. The number of sulfonamides is 1. The summed E-state index contributed by atoms with van der Waals surface area (Å²) < 4.78 is 32.4. The molecule has 6 nitrogen and oxygen atoms in total. The molecule has 0 atom stereocenters. The molecule has 23 heavy (non-hydrogen) atoms. The number of benzene rings is 1. The predicted octanol–water partition coefficient (Wildman–Crippen LogP) is 2.81. The van der Waals surface area contributed by atoms with Crippen molar-refractivity contribution < 1.29 is 22.7 Å². The number of carboxylic acid groups (broad SMARTS) is 1. The zero-order chi connectivity index (χ0) is 17.2. The summed E-state index contributed by atoms with van der Waals surface area (Å²) in [5.41, 5.74) is 0.529. The maximum Gasteiger partial charge on any atom is 0.340 e. The van der Waals surface area contributed by atoms with Gasteiger partial charge in [0.25, 0.3) is 0 Å². The SMILES string of the molecule is CCN(Cc1ccccc1)S(=O)(=O)c1c(C)oc(C)c1C(=O)O. The number of carbonyl (C=O) groups is 1. The van der Waals surface area contributed by atoms with Gasteiger partial charge in [-0.3, -0.25) is 0 Å². The van der Waals surface area contributed by atoms with Crippen molar-refractivity contribution in [1.82, 2.24) is 4.31 Å². The molecule has 0 bridgehead atoms. The van der Waals surface area contributed by atoms with Crippen LogP contribution < -0.4 is 0 Å². The first-order valence-corrected chi connectivity index (χ1v) is 8.60. The van der Waals surface area contributed by atoms with Gasteiger partial charge in [0.1, 0.15) is 22.0 Å². The summed E-state index contributed by atoms with van der Waals surface area (Å²) in [6.45, 7) is 5.01. The Morgan fingerprint density at radius 2 is 1.78 bits per heavy atom. The van der Waals surface area contributed by atoms with Gasteiger partial charge in [-0.1, -0.05) is 37.3 Å². The van der Waals surface area contributed by atoms with Gasteiger partial charge in [0.15, 0.2) is 0 Å². The van der Waals surface area contributed by atoms with E-state index in [4.69, 9.17) is 4.42 Å². The fourth-order valence-electron chi connectivity index (χ4n) is 2.50. The zero-order valence-electron chi connectivity index (χ0n) is 13.2. The van der Waals surface area contributed by atoms with E-state index in [0.29, 0.717) is 0 Å². The second kappa shape index (κ2) is 6.55. The summed E-state index contributed by atoms with van der Waals surface area (Å²) >= 11 is 0. The van der Waals surface area contributed by atoms with Crippen molar-refractivity contribution in [2.75, 3.05) is 6.54 Å². The van der Waals surface area contributed by atoms with Crippen molar-refractivity contribution in [3.8, 4) is 0 Å². The highest BCUT2D eigenvalue weighted by Crippen LogP contribution is 2.30. The van der Waals surface area contributed by atoms with E-state index >= 15 is 0 Å². The van der Waals surface area contributed by atoms with E-state index in [-0.39, 0.29) is 35.1 Å². The van der Waals surface area contributed by atoms with E-state index in [1.165, 1.54) is 18.2 Å². The first-order valence-electron chi connectivity index (χ1n) is 7.16. The van der Waals surface area contributed by atoms with Crippen LogP contribution in [0.4, 0.5) is 0 Å². The summed E-state index contributed by atoms with van der Waals surface area (Å²) in [5, 5.41) is 9.32. The minimum Gasteiger partial charge on any atom is -0.478 e. The Kier molecular flexibility index (Phi) is 4.91. The summed E-state index contributed by atoms with van der Waals surface area (Å²) in [7, 11) is -3.98. The molecule has 1 N–H and O–H groups in total. The molecule has 0 radical (unpaired) electrons. The molecule has 2 rings (SSSR count). The fraction of sp³-hybridized carbons (Fsp3) is 0.312. The van der Waals surface area contributed by atoms with Crippen molar-refractivity contribution in [3.63, 3.8) is 0 Å². The molecule has 0 aliphatic rings. The highest BCUT2D eigenvalue weighted by molar-refractivity contribution is 7.89. The molecule has 0 unspecified atom stereocenters. The Hall–Kier alpha value is -2.12. The Morgan fingerprint density at radius 3 is 2.30 bits per heavy atom. The van der Waals surface area contributed by atoms with Crippen molar-refractivity contribution in [1.29, 1.82) is 0 Å². The van der Waals surface area contributed by atoms with Gasteiger partial charge in [-0.05, 0) is 19.4 Å². The molecule has 0 saturated heterocycles. The number of aromatic carboxylic acids is 1. The van der Waals surface area contributed by atoms with Crippen molar-refractivity contribution in [3.05, 3.63) is 53.0 Å². The smallest absolute Gasteiger partial charge is 0.340 e. The number of carboxylic acids is 1. The highest BCUT2D eigenvalue weighted by atomic mass is 32.2. The van der Waals surface area contributed by atoms with Gasteiger partial charge >= 0.3 is 5.97 Å². The largest absolute Gasteiger partial charge is 0.478 e. The van der Waals surface area contributed by atoms with Crippen molar-refractivity contribution in [2.45, 2.75) is 32.2 Å². The van der Waals surface area contributed by atoms with Crippen LogP contribution in [-0.2, 0) is 16.6 Å². The van der Waals surface area contributed by atoms with Gasteiger partial charge in [0.2, 0.25) is 10.0 Å². The van der Waals surface area contributed by atoms with Gasteiger partial charge in [-0.25, -0.2) is 13.2 Å². The van der Waals surface area contributed by atoms with Crippen LogP contribution in [0.25, 0.3) is 0 Å². The number of nitrogens with zero attached hydrogens (tertiary/aromatic N) is 1. The van der Waals surface area contributed by atoms with Crippen LogP contribution in [0.3, 0.4) is 0 Å². The van der Waals surface area contributed by atoms with E-state index in [1.807, 2.05) is 30.3 Å². The van der Waals surface area contributed by atoms with E-state index in [9.17, 15) is 18.3 Å². The number of furan rings is 1. The Labute approximate surface area is 135 Å². The Morgan fingerprint density at radius 1 is 1.17 bits per heavy atom. The molecular formula is C16H19NO5S. The average Bonchev–Trinajstić information content (AvgIpc) is 2.80. The third kappa shape index (κ3) is 3.30. The fourth-order valence-corrected chi connectivity index (χ4v) is 4.32. The minimum absolute atomic E-state index is 0.0874. The molecule has 0 aliphatic heterocycles. The summed E-state index contributed by atoms with van der Waals surface area (Å²) in [5.74, 6) is -1.13. The first-order chi connectivity index (χ1) is 10.8. The monoisotopic (exact) mass is 337 g/mol. The molecule has 0 amide bonds. The van der Waals surface area contributed by atoms with E-state index in [0.717, 1.165) is 5.56 Å². The topological polar surface area (TPSA) is 87.8 Å². The second-order valence-electron chi connectivity index (χ2n) is 5.14. The van der Waals surface area contributed by atoms with E-state index < -0.39 is 16.0 Å². The van der Waals surface area contributed by atoms with Crippen LogP contribution in [0.15, 0.2) is 39.6 Å². The molecule has 1 heterocycles. The molecule has 0 saturated carbocycles. The number of rotatable bonds is 6. The van der Waals surface area contributed by atoms with Crippen molar-refractivity contribution in [2.24, 2.45) is 0 Å². The highest BCUT2D eigenvalue weighted by Gasteiger charge is 2.34. The zero-order valence-corrected chi connectivity index (χ0v) is 14.1. The lowest BCUT2D eigenvalue weighted by atomic mass is 10.2. The number of hydrogen-bond donors (Lipinski definition) is 1. The number of aryl methyl sites for hydroxylation is 2. The van der Waals surface area contributed by atoms with Crippen LogP contribution in [0.1, 0.15) is 34.4 Å². The minimum atomic E-state index is -3.98. The summed E-state index contributed by atoms with van der Waals surface area (Å²) in [4.78, 5) is 11.2. The quantitative estimate of drug-likeness (QED) is 0.875. The molecule has 0 aliphatic carbocycles. The third-order valence-electron chi connectivity index (χ3n) is 3.57. The molecule has 124 valence electrons. The van der Waals surface area contributed by atoms with Crippen LogP contribution >= 0.6 is 0 Å². The molecule has 0 spiro atoms. The standard InChI is InChI=1S/C16H19NO5S/c1-4-17(10-13-8-6-5-7-9-13)23(20,21)15-12(3)22-11(2)14(15)16(18)19/h5-9H,4,10H2,1-3H3,(H,18,19). The predicted molar refractivity (Wildman–Crippen MR) is 84.9 cm³/mol. The van der Waals surface area contributed by atoms with Crippen LogP contribution in [0.2, 0.25) is 0 Å². The van der Waals surface area contributed by atoms with Crippen LogP contribution in [0.5, 0.6) is 0 Å². The molecule has 7 heteroatoms. The lowest BCUT2D eigenvalue weighted by molar-refractivity contribution is 0.0691. The lowest BCUT2D eigenvalue weighted by Crippen LogP contribution is -2.31. The summed E-state index contributed by atoms with van der Waals surface area (Å²) in [6, 6.07) is 9.14. The first kappa shape index (κ1) is 17.2. The molecule has 1 aromatic heterocycles.